The maximum Gasteiger partial charge on any atom is 0.252 e. The monoisotopic (exact) mass is 868 g/mol. The van der Waals surface area contributed by atoms with Crippen molar-refractivity contribution in [1.82, 2.24) is 0 Å². The zero-order valence-electron chi connectivity index (χ0n) is 42.6. The van der Waals surface area contributed by atoms with Crippen molar-refractivity contribution in [1.29, 1.82) is 0 Å². The Morgan fingerprint density at radius 1 is 0.379 bits per heavy atom. The molecule has 0 unspecified atom stereocenters. The molecule has 66 heavy (non-hydrogen) atoms. The van der Waals surface area contributed by atoms with E-state index in [1.165, 1.54) is 106 Å². The fourth-order valence-electron chi connectivity index (χ4n) is 10.3. The maximum absolute atomic E-state index is 2.61. The molecular formula is C62H70BN3. The number of nitrogens with zero attached hydrogens (tertiary/aromatic N) is 3. The first-order chi connectivity index (χ1) is 30.9. The molecule has 0 N–H and O–H groups in total. The lowest BCUT2D eigenvalue weighted by molar-refractivity contribution is 0.589. The van der Waals surface area contributed by atoms with Crippen molar-refractivity contribution in [3.05, 3.63) is 178 Å². The van der Waals surface area contributed by atoms with E-state index in [1.807, 2.05) is 0 Å². The topological polar surface area (TPSA) is 9.72 Å². The van der Waals surface area contributed by atoms with Crippen molar-refractivity contribution in [2.75, 3.05) is 14.7 Å². The van der Waals surface area contributed by atoms with E-state index in [1.54, 1.807) is 0 Å². The van der Waals surface area contributed by atoms with Gasteiger partial charge in [-0.2, -0.15) is 0 Å². The van der Waals surface area contributed by atoms with Crippen molar-refractivity contribution in [2.45, 2.75) is 132 Å². The van der Waals surface area contributed by atoms with E-state index in [0.717, 1.165) is 5.69 Å². The van der Waals surface area contributed by atoms with Gasteiger partial charge in [0.1, 0.15) is 0 Å². The van der Waals surface area contributed by atoms with Gasteiger partial charge in [0.15, 0.2) is 0 Å². The molecule has 0 atom stereocenters. The first kappa shape index (κ1) is 45.2. The third-order valence-corrected chi connectivity index (χ3v) is 14.2. The summed E-state index contributed by atoms with van der Waals surface area (Å²) in [5.74, 6) is 0. The zero-order valence-corrected chi connectivity index (χ0v) is 42.6. The Morgan fingerprint density at radius 3 is 1.12 bits per heavy atom. The number of hydrogen-bond acceptors (Lipinski definition) is 3. The van der Waals surface area contributed by atoms with Crippen molar-refractivity contribution in [2.24, 2.45) is 0 Å². The van der Waals surface area contributed by atoms with Crippen LogP contribution in [0.3, 0.4) is 0 Å². The Hall–Kier alpha value is -6.00. The smallest absolute Gasteiger partial charge is 0.252 e. The lowest BCUT2D eigenvalue weighted by atomic mass is 9.33. The highest BCUT2D eigenvalue weighted by Crippen LogP contribution is 2.50. The van der Waals surface area contributed by atoms with E-state index < -0.39 is 0 Å². The van der Waals surface area contributed by atoms with Crippen LogP contribution < -0.4 is 31.1 Å². The summed E-state index contributed by atoms with van der Waals surface area (Å²) in [6.07, 6.45) is 0. The van der Waals surface area contributed by atoms with Crippen molar-refractivity contribution in [3.63, 3.8) is 0 Å². The summed E-state index contributed by atoms with van der Waals surface area (Å²) in [6.45, 7) is 36.9. The number of fused-ring (bicyclic) bond motifs is 4. The van der Waals surface area contributed by atoms with Gasteiger partial charge in [0, 0.05) is 45.5 Å². The second kappa shape index (κ2) is 15.8. The number of aryl methyl sites for hydroxylation is 4. The van der Waals surface area contributed by atoms with Crippen LogP contribution in [-0.2, 0) is 21.7 Å². The van der Waals surface area contributed by atoms with Crippen LogP contribution in [-0.4, -0.2) is 6.71 Å². The van der Waals surface area contributed by atoms with E-state index in [0.29, 0.717) is 0 Å². The molecule has 0 aliphatic carbocycles. The second-order valence-electron chi connectivity index (χ2n) is 23.6. The Bertz CT molecular complexity index is 2840. The average molecular weight is 868 g/mol. The van der Waals surface area contributed by atoms with Gasteiger partial charge in [0.05, 0.1) is 5.69 Å². The van der Waals surface area contributed by atoms with Crippen LogP contribution in [0.5, 0.6) is 0 Å². The molecule has 2 aliphatic heterocycles. The Labute approximate surface area is 397 Å². The van der Waals surface area contributed by atoms with Gasteiger partial charge in [-0.25, -0.2) is 0 Å². The first-order valence-corrected chi connectivity index (χ1v) is 24.1. The quantitative estimate of drug-likeness (QED) is 0.160. The lowest BCUT2D eigenvalue weighted by Gasteiger charge is -2.46. The number of anilines is 9. The Morgan fingerprint density at radius 2 is 0.758 bits per heavy atom. The second-order valence-corrected chi connectivity index (χ2v) is 23.6. The molecule has 7 aromatic carbocycles. The van der Waals surface area contributed by atoms with Gasteiger partial charge in [-0.15, -0.1) is 0 Å². The van der Waals surface area contributed by atoms with Gasteiger partial charge in [-0.3, -0.25) is 0 Å². The molecule has 0 saturated carbocycles. The van der Waals surface area contributed by atoms with Gasteiger partial charge in [-0.05, 0) is 160 Å². The summed E-state index contributed by atoms with van der Waals surface area (Å²) < 4.78 is 0. The van der Waals surface area contributed by atoms with Crippen LogP contribution in [0.15, 0.2) is 133 Å². The molecule has 0 fully saturated rings. The first-order valence-electron chi connectivity index (χ1n) is 24.1. The summed E-state index contributed by atoms with van der Waals surface area (Å²) in [5, 5.41) is 0. The highest BCUT2D eigenvalue weighted by atomic mass is 15.2. The minimum Gasteiger partial charge on any atom is -0.311 e. The van der Waals surface area contributed by atoms with E-state index in [-0.39, 0.29) is 28.4 Å². The molecule has 0 radical (unpaired) electrons. The lowest BCUT2D eigenvalue weighted by Crippen LogP contribution is -2.61. The Kier molecular flexibility index (Phi) is 10.8. The van der Waals surface area contributed by atoms with Crippen LogP contribution >= 0.6 is 0 Å². The maximum atomic E-state index is 2.61. The van der Waals surface area contributed by atoms with E-state index >= 15 is 0 Å². The normalized spacial score (nSPS) is 13.7. The van der Waals surface area contributed by atoms with E-state index in [9.17, 15) is 0 Å². The highest BCUT2D eigenvalue weighted by molar-refractivity contribution is 7.00. The molecule has 9 rings (SSSR count). The number of benzene rings is 7. The van der Waals surface area contributed by atoms with Crippen LogP contribution in [0.2, 0.25) is 0 Å². The number of hydrogen-bond donors (Lipinski definition) is 0. The van der Waals surface area contributed by atoms with Gasteiger partial charge < -0.3 is 14.7 Å². The van der Waals surface area contributed by atoms with Crippen molar-refractivity contribution >= 4 is 74.3 Å². The molecule has 0 amide bonds. The standard InChI is InChI=1S/C62H70BN3/c1-39-23-29-52(41(3)31-39)66(53-30-24-40(2)32-42(53)4)49-37-56-58-57(38-49)65(48-22-18-20-44(34-48)60(8,9)10)55-36-46(62(14,15)16)26-28-51(55)63(58)50-27-25-45(61(11,12)13)35-54(50)64(56)47-21-17-19-43(33-47)59(5,6)7/h17-38H,1-16H3. The molecule has 0 aromatic heterocycles. The predicted molar refractivity (Wildman–Crippen MR) is 289 cm³/mol. The summed E-state index contributed by atoms with van der Waals surface area (Å²) in [6, 6.07) is 52.2. The molecule has 0 saturated heterocycles. The largest absolute Gasteiger partial charge is 0.311 e. The molecule has 0 spiro atoms. The minimum atomic E-state index is -0.0507. The summed E-state index contributed by atoms with van der Waals surface area (Å²) >= 11 is 0. The summed E-state index contributed by atoms with van der Waals surface area (Å²) in [5.41, 5.74) is 24.8. The molecule has 2 aliphatic rings. The SMILES string of the molecule is Cc1ccc(N(c2cc3c4c(c2)N(c2cccc(C(C)(C)C)c2)c2cc(C(C)(C)C)ccc2B4c2ccc(C(C)(C)C)cc2N3c2cccc(C(C)(C)C)c2)c2ccc(C)cc2C)c(C)c1. The zero-order chi connectivity index (χ0) is 47.4. The molecule has 4 heteroatoms. The fraction of sp³-hybridized carbons (Fsp3) is 0.323. The third-order valence-electron chi connectivity index (χ3n) is 14.2. The van der Waals surface area contributed by atoms with E-state index in [2.05, 4.69) is 259 Å². The molecule has 2 heterocycles. The molecular weight excluding hydrogens is 798 g/mol. The van der Waals surface area contributed by atoms with Crippen LogP contribution in [0.4, 0.5) is 51.2 Å². The molecule has 0 bridgehead atoms. The summed E-state index contributed by atoms with van der Waals surface area (Å²) in [4.78, 5) is 7.75. The van der Waals surface area contributed by atoms with Gasteiger partial charge in [0.25, 0.3) is 6.71 Å². The average Bonchev–Trinajstić information content (AvgIpc) is 3.23. The van der Waals surface area contributed by atoms with Crippen LogP contribution in [0, 0.1) is 27.7 Å². The molecule has 3 nitrogen and oxygen atoms in total. The van der Waals surface area contributed by atoms with Crippen molar-refractivity contribution in [3.8, 4) is 0 Å². The van der Waals surface area contributed by atoms with E-state index in [4.69, 9.17) is 0 Å². The molecule has 336 valence electrons. The predicted octanol–water partition coefficient (Wildman–Crippen LogP) is 15.7. The highest BCUT2D eigenvalue weighted by Gasteiger charge is 2.45. The fourth-order valence-corrected chi connectivity index (χ4v) is 10.3. The van der Waals surface area contributed by atoms with Gasteiger partial charge >= 0.3 is 0 Å². The third kappa shape index (κ3) is 7.95. The van der Waals surface area contributed by atoms with Crippen LogP contribution in [0.25, 0.3) is 0 Å². The summed E-state index contributed by atoms with van der Waals surface area (Å²) in [7, 11) is 0. The van der Waals surface area contributed by atoms with Gasteiger partial charge in [0.2, 0.25) is 0 Å². The van der Waals surface area contributed by atoms with Gasteiger partial charge in [-0.1, -0.05) is 167 Å². The van der Waals surface area contributed by atoms with Crippen LogP contribution in [0.1, 0.15) is 128 Å². The Balaban J connectivity index is 1.48. The minimum absolute atomic E-state index is 0.00291. The van der Waals surface area contributed by atoms with Crippen molar-refractivity contribution < 1.29 is 0 Å². The number of rotatable bonds is 5. The molecule has 7 aromatic rings.